The van der Waals surface area contributed by atoms with Gasteiger partial charge in [-0.15, -0.1) is 0 Å². The van der Waals surface area contributed by atoms with E-state index in [-0.39, 0.29) is 0 Å². The number of hydrogen-bond acceptors (Lipinski definition) is 3. The van der Waals surface area contributed by atoms with E-state index in [1.807, 2.05) is 18.2 Å². The fourth-order valence-corrected chi connectivity index (χ4v) is 3.85. The van der Waals surface area contributed by atoms with Crippen LogP contribution >= 0.6 is 0 Å². The first kappa shape index (κ1) is 18.7. The maximum Gasteiger partial charge on any atom is 0.451 e. The maximum absolute atomic E-state index is 12.8. The first-order valence-corrected chi connectivity index (χ1v) is 9.20. The van der Waals surface area contributed by atoms with E-state index in [0.29, 0.717) is 25.2 Å². The first-order valence-electron chi connectivity index (χ1n) is 9.20. The molecule has 3 aromatic rings. The molecule has 4 rings (SSSR count). The average molecular weight is 386 g/mol. The molecular weight excluding hydrogens is 365 g/mol. The lowest BCUT2D eigenvalue weighted by molar-refractivity contribution is -0.145. The molecular formula is C21H21F3N4. The zero-order valence-corrected chi connectivity index (χ0v) is 15.8. The Balaban J connectivity index is 1.54. The normalized spacial score (nSPS) is 14.9. The monoisotopic (exact) mass is 386 g/mol. The molecule has 1 aliphatic rings. The van der Waals surface area contributed by atoms with Gasteiger partial charge in [-0.3, -0.25) is 4.90 Å². The van der Waals surface area contributed by atoms with Crippen LogP contribution in [0.3, 0.4) is 0 Å². The quantitative estimate of drug-likeness (QED) is 0.666. The predicted molar refractivity (Wildman–Crippen MR) is 100 cm³/mol. The molecule has 0 bridgehead atoms. The summed E-state index contributed by atoms with van der Waals surface area (Å²) in [5.74, 6) is -1.05. The minimum atomic E-state index is -4.50. The molecule has 1 aliphatic heterocycles. The van der Waals surface area contributed by atoms with Crippen LogP contribution in [0.15, 0.2) is 42.6 Å². The Morgan fingerprint density at radius 3 is 2.57 bits per heavy atom. The Hall–Kier alpha value is -2.67. The molecule has 4 nitrogen and oxygen atoms in total. The number of benzene rings is 1. The van der Waals surface area contributed by atoms with Gasteiger partial charge in [0.25, 0.3) is 0 Å². The van der Waals surface area contributed by atoms with Crippen LogP contribution in [0, 0.1) is 13.8 Å². The second-order valence-corrected chi connectivity index (χ2v) is 7.19. The highest BCUT2D eigenvalue weighted by molar-refractivity contribution is 5.41. The van der Waals surface area contributed by atoms with Gasteiger partial charge >= 0.3 is 6.18 Å². The highest BCUT2D eigenvalue weighted by Crippen LogP contribution is 2.28. The van der Waals surface area contributed by atoms with Crippen LogP contribution in [-0.4, -0.2) is 26.0 Å². The lowest BCUT2D eigenvalue weighted by Crippen LogP contribution is -2.31. The first-order chi connectivity index (χ1) is 13.3. The molecule has 0 spiro atoms. The molecule has 0 atom stereocenters. The standard InChI is InChI=1S/C21H21F3N4/c1-14-10-16(15(2)28(14)18-6-4-3-5-7-18)12-27-9-8-19-17(13-27)11-25-20(26-19)21(22,23)24/h3-7,10-11H,8-9,12-13H2,1-2H3. The zero-order valence-electron chi connectivity index (χ0n) is 15.8. The van der Waals surface area contributed by atoms with Gasteiger partial charge in [-0.1, -0.05) is 18.2 Å². The summed E-state index contributed by atoms with van der Waals surface area (Å²) in [6.45, 7) is 6.17. The molecule has 28 heavy (non-hydrogen) atoms. The van der Waals surface area contributed by atoms with E-state index in [4.69, 9.17) is 0 Å². The Kier molecular flexibility index (Phi) is 4.71. The number of rotatable bonds is 3. The van der Waals surface area contributed by atoms with Crippen molar-refractivity contribution in [2.24, 2.45) is 0 Å². The number of fused-ring (bicyclic) bond motifs is 1. The molecule has 146 valence electrons. The maximum atomic E-state index is 12.8. The van der Waals surface area contributed by atoms with Crippen molar-refractivity contribution in [2.45, 2.75) is 39.5 Å². The topological polar surface area (TPSA) is 34.0 Å². The number of halogens is 3. The molecule has 0 aliphatic carbocycles. The summed E-state index contributed by atoms with van der Waals surface area (Å²) in [7, 11) is 0. The van der Waals surface area contributed by atoms with E-state index in [1.54, 1.807) is 0 Å². The van der Waals surface area contributed by atoms with Crippen molar-refractivity contribution in [3.8, 4) is 5.69 Å². The highest BCUT2D eigenvalue weighted by atomic mass is 19.4. The van der Waals surface area contributed by atoms with Gasteiger partial charge in [0.2, 0.25) is 5.82 Å². The van der Waals surface area contributed by atoms with E-state index in [0.717, 1.165) is 23.5 Å². The third-order valence-electron chi connectivity index (χ3n) is 5.21. The van der Waals surface area contributed by atoms with Gasteiger partial charge in [0.15, 0.2) is 0 Å². The van der Waals surface area contributed by atoms with Crippen LogP contribution in [-0.2, 0) is 25.7 Å². The van der Waals surface area contributed by atoms with Crippen molar-refractivity contribution in [1.29, 1.82) is 0 Å². The van der Waals surface area contributed by atoms with Crippen molar-refractivity contribution in [3.05, 3.63) is 76.6 Å². The number of para-hydroxylation sites is 1. The molecule has 0 saturated carbocycles. The van der Waals surface area contributed by atoms with Gasteiger partial charge in [0.1, 0.15) is 0 Å². The molecule has 0 radical (unpaired) electrons. The van der Waals surface area contributed by atoms with Crippen molar-refractivity contribution < 1.29 is 13.2 Å². The molecule has 0 saturated heterocycles. The summed E-state index contributed by atoms with van der Waals surface area (Å²) in [6.07, 6.45) is -2.68. The Labute approximate surface area is 161 Å². The summed E-state index contributed by atoms with van der Waals surface area (Å²) in [5, 5.41) is 0. The fourth-order valence-electron chi connectivity index (χ4n) is 3.85. The number of hydrogen-bond donors (Lipinski definition) is 0. The molecule has 0 N–H and O–H groups in total. The predicted octanol–water partition coefficient (Wildman–Crippen LogP) is 4.46. The molecule has 0 amide bonds. The van der Waals surface area contributed by atoms with Crippen molar-refractivity contribution in [3.63, 3.8) is 0 Å². The van der Waals surface area contributed by atoms with Crippen molar-refractivity contribution >= 4 is 0 Å². The van der Waals surface area contributed by atoms with Crippen LogP contribution in [0.5, 0.6) is 0 Å². The molecule has 7 heteroatoms. The molecule has 3 heterocycles. The largest absolute Gasteiger partial charge is 0.451 e. The van der Waals surface area contributed by atoms with Crippen LogP contribution in [0.25, 0.3) is 5.69 Å². The lowest BCUT2D eigenvalue weighted by atomic mass is 10.1. The van der Waals surface area contributed by atoms with Crippen molar-refractivity contribution in [2.75, 3.05) is 6.54 Å². The van der Waals surface area contributed by atoms with Crippen LogP contribution in [0.1, 0.15) is 34.0 Å². The molecule has 1 aromatic carbocycles. The number of aryl methyl sites for hydroxylation is 1. The summed E-state index contributed by atoms with van der Waals surface area (Å²) in [6, 6.07) is 12.4. The summed E-state index contributed by atoms with van der Waals surface area (Å²) < 4.78 is 40.7. The third kappa shape index (κ3) is 3.54. The molecule has 2 aromatic heterocycles. The van der Waals surface area contributed by atoms with Crippen LogP contribution < -0.4 is 0 Å². The van der Waals surface area contributed by atoms with Crippen molar-refractivity contribution in [1.82, 2.24) is 19.4 Å². The van der Waals surface area contributed by atoms with Gasteiger partial charge in [0.05, 0.1) is 5.69 Å². The summed E-state index contributed by atoms with van der Waals surface area (Å²) in [4.78, 5) is 9.48. The third-order valence-corrected chi connectivity index (χ3v) is 5.21. The number of nitrogens with zero attached hydrogens (tertiary/aromatic N) is 4. The minimum absolute atomic E-state index is 0.498. The van der Waals surface area contributed by atoms with Gasteiger partial charge in [-0.25, -0.2) is 9.97 Å². The second-order valence-electron chi connectivity index (χ2n) is 7.19. The average Bonchev–Trinajstić information content (AvgIpc) is 2.94. The summed E-state index contributed by atoms with van der Waals surface area (Å²) in [5.41, 5.74) is 5.97. The number of aromatic nitrogens is 3. The SMILES string of the molecule is Cc1cc(CN2CCc3nc(C(F)(F)F)ncc3C2)c(C)n1-c1ccccc1. The van der Waals surface area contributed by atoms with Gasteiger partial charge in [-0.2, -0.15) is 13.2 Å². The molecule has 0 unspecified atom stereocenters. The van der Waals surface area contributed by atoms with Gasteiger partial charge in [-0.05, 0) is 37.6 Å². The van der Waals surface area contributed by atoms with E-state index in [2.05, 4.69) is 51.5 Å². The fraction of sp³-hybridized carbons (Fsp3) is 0.333. The Bertz CT molecular complexity index is 993. The lowest BCUT2D eigenvalue weighted by Gasteiger charge is -2.28. The smallest absolute Gasteiger partial charge is 0.318 e. The second kappa shape index (κ2) is 7.05. The van der Waals surface area contributed by atoms with Gasteiger partial charge < -0.3 is 4.57 Å². The van der Waals surface area contributed by atoms with Gasteiger partial charge in [0, 0.05) is 54.9 Å². The zero-order chi connectivity index (χ0) is 19.9. The van der Waals surface area contributed by atoms with E-state index >= 15 is 0 Å². The van der Waals surface area contributed by atoms with Crippen LogP contribution in [0.4, 0.5) is 13.2 Å². The highest BCUT2D eigenvalue weighted by Gasteiger charge is 2.35. The van der Waals surface area contributed by atoms with Crippen LogP contribution in [0.2, 0.25) is 0 Å². The number of alkyl halides is 3. The Morgan fingerprint density at radius 1 is 1.11 bits per heavy atom. The Morgan fingerprint density at radius 2 is 1.86 bits per heavy atom. The molecule has 0 fully saturated rings. The summed E-state index contributed by atoms with van der Waals surface area (Å²) >= 11 is 0. The van der Waals surface area contributed by atoms with E-state index in [9.17, 15) is 13.2 Å². The minimum Gasteiger partial charge on any atom is -0.318 e. The van der Waals surface area contributed by atoms with E-state index in [1.165, 1.54) is 17.5 Å². The van der Waals surface area contributed by atoms with E-state index < -0.39 is 12.0 Å².